The molecule has 164 valence electrons. The number of methoxy groups -OCH3 is 1. The van der Waals surface area contributed by atoms with Crippen LogP contribution in [0.3, 0.4) is 0 Å². The summed E-state index contributed by atoms with van der Waals surface area (Å²) in [6.07, 6.45) is -0.529. The molecule has 0 aliphatic rings. The summed E-state index contributed by atoms with van der Waals surface area (Å²) in [5.74, 6) is -0.425. The number of carbonyl (C=O) groups excluding carboxylic acids is 2. The van der Waals surface area contributed by atoms with Crippen molar-refractivity contribution in [2.45, 2.75) is 101 Å². The van der Waals surface area contributed by atoms with Crippen molar-refractivity contribution in [3.8, 4) is 0 Å². The van der Waals surface area contributed by atoms with Crippen molar-refractivity contribution in [2.75, 3.05) is 20.3 Å². The fourth-order valence-corrected chi connectivity index (χ4v) is 1.14. The van der Waals surface area contributed by atoms with Crippen molar-refractivity contribution in [2.24, 2.45) is 0 Å². The Kier molecular flexibility index (Phi) is 39.2. The average molecular weight is 384 g/mol. The van der Waals surface area contributed by atoms with Crippen LogP contribution in [0.15, 0.2) is 0 Å². The fraction of sp³-hybridized carbons (Fsp3) is 0.900. The predicted molar refractivity (Wildman–Crippen MR) is 114 cm³/mol. The van der Waals surface area contributed by atoms with Gasteiger partial charge in [-0.3, -0.25) is 0 Å². The van der Waals surface area contributed by atoms with E-state index in [-0.39, 0.29) is 14.6 Å². The average Bonchev–Trinajstić information content (AvgIpc) is 2.65. The van der Waals surface area contributed by atoms with Gasteiger partial charge in [0.15, 0.2) is 6.10 Å². The molecule has 0 aliphatic carbocycles. The largest absolute Gasteiger partial charge is 0.462 e. The van der Waals surface area contributed by atoms with Gasteiger partial charge in [-0.2, -0.15) is 0 Å². The van der Waals surface area contributed by atoms with Crippen molar-refractivity contribution < 1.29 is 25.2 Å². The van der Waals surface area contributed by atoms with E-state index in [1.165, 1.54) is 7.11 Å². The van der Waals surface area contributed by atoms with Crippen molar-refractivity contribution in [3.05, 3.63) is 0 Å². The lowest BCUT2D eigenvalue weighted by molar-refractivity contribution is -0.155. The minimum Gasteiger partial charge on any atom is -0.462 e. The van der Waals surface area contributed by atoms with E-state index in [4.69, 9.17) is 14.2 Å². The zero-order chi connectivity index (χ0) is 22.2. The molecule has 0 saturated heterocycles. The van der Waals surface area contributed by atoms with Crippen LogP contribution in [-0.2, 0) is 19.0 Å². The highest BCUT2D eigenvalue weighted by molar-refractivity contribution is 5.74. The van der Waals surface area contributed by atoms with E-state index in [2.05, 4.69) is 5.32 Å². The Morgan fingerprint density at radius 1 is 0.962 bits per heavy atom. The van der Waals surface area contributed by atoms with Gasteiger partial charge in [-0.05, 0) is 27.2 Å². The molecule has 1 unspecified atom stereocenters. The zero-order valence-electron chi connectivity index (χ0n) is 19.7. The van der Waals surface area contributed by atoms with Gasteiger partial charge < -0.3 is 19.5 Å². The smallest absolute Gasteiger partial charge is 0.407 e. The van der Waals surface area contributed by atoms with Gasteiger partial charge in [0.2, 0.25) is 0 Å². The third-order valence-electron chi connectivity index (χ3n) is 1.93. The Bertz CT molecular complexity index is 278. The summed E-state index contributed by atoms with van der Waals surface area (Å²) in [6.45, 7) is 23.5. The molecule has 0 heterocycles. The Hall–Kier alpha value is -1.30. The Morgan fingerprint density at radius 3 is 1.69 bits per heavy atom. The molecule has 1 N–H and O–H groups in total. The van der Waals surface area contributed by atoms with Crippen LogP contribution in [0.4, 0.5) is 4.79 Å². The van der Waals surface area contributed by atoms with Gasteiger partial charge in [0, 0.05) is 8.54 Å². The van der Waals surface area contributed by atoms with E-state index < -0.39 is 23.8 Å². The van der Waals surface area contributed by atoms with Crippen molar-refractivity contribution in [1.29, 1.82) is 0 Å². The standard InChI is InChI=1S/C12H23NO5.4C2H6.H2/c1-6-9(16-5)10(14)17-8-7-13-11(15)18-12(2,3)4;4*1-2;/h9H,6-8H2,1-5H3,(H,13,15);4*1-2H3;1H. The van der Waals surface area contributed by atoms with E-state index >= 15 is 0 Å². The van der Waals surface area contributed by atoms with Gasteiger partial charge in [-0.15, -0.1) is 0 Å². The minimum absolute atomic E-state index is 0. The summed E-state index contributed by atoms with van der Waals surface area (Å²) < 4.78 is 14.9. The topological polar surface area (TPSA) is 73.9 Å². The maximum Gasteiger partial charge on any atom is 0.407 e. The molecule has 0 aromatic rings. The van der Waals surface area contributed by atoms with Crippen molar-refractivity contribution in [3.63, 3.8) is 0 Å². The molecule has 0 radical (unpaired) electrons. The van der Waals surface area contributed by atoms with Gasteiger partial charge in [0.25, 0.3) is 0 Å². The van der Waals surface area contributed by atoms with Crippen LogP contribution < -0.4 is 5.32 Å². The van der Waals surface area contributed by atoms with Crippen LogP contribution in [0.2, 0.25) is 0 Å². The van der Waals surface area contributed by atoms with Crippen molar-refractivity contribution >= 4 is 12.1 Å². The molecule has 0 bridgehead atoms. The first-order valence-corrected chi connectivity index (χ1v) is 9.96. The molecule has 0 saturated carbocycles. The van der Waals surface area contributed by atoms with E-state index in [9.17, 15) is 9.59 Å². The zero-order valence-corrected chi connectivity index (χ0v) is 19.7. The predicted octanol–water partition coefficient (Wildman–Crippen LogP) is 5.83. The number of alkyl carbamates (subject to hydrolysis) is 1. The van der Waals surface area contributed by atoms with Gasteiger partial charge in [-0.25, -0.2) is 9.59 Å². The van der Waals surface area contributed by atoms with Crippen LogP contribution in [0.25, 0.3) is 0 Å². The van der Waals surface area contributed by atoms with Crippen LogP contribution in [0.1, 0.15) is 90.9 Å². The maximum atomic E-state index is 11.4. The van der Waals surface area contributed by atoms with Crippen molar-refractivity contribution in [1.82, 2.24) is 5.32 Å². The number of amides is 1. The van der Waals surface area contributed by atoms with E-state index in [0.29, 0.717) is 6.42 Å². The van der Waals surface area contributed by atoms with E-state index in [1.807, 2.05) is 62.3 Å². The third kappa shape index (κ3) is 30.6. The SMILES string of the molecule is CC.CC.CC.CC.CCC(OC)C(=O)OCCNC(=O)OC(C)(C)C.[HH]. The summed E-state index contributed by atoms with van der Waals surface area (Å²) in [4.78, 5) is 22.6. The normalized spacial score (nSPS) is 9.73. The molecular weight excluding hydrogens is 334 g/mol. The number of nitrogens with one attached hydrogen (secondary N) is 1. The first-order chi connectivity index (χ1) is 12.3. The van der Waals surface area contributed by atoms with Crippen LogP contribution >= 0.6 is 0 Å². The first kappa shape index (κ1) is 35.7. The molecule has 0 aromatic carbocycles. The van der Waals surface area contributed by atoms with Crippen LogP contribution in [0.5, 0.6) is 0 Å². The summed E-state index contributed by atoms with van der Waals surface area (Å²) in [5.41, 5.74) is -0.538. The second-order valence-corrected chi connectivity index (χ2v) is 4.73. The fourth-order valence-electron chi connectivity index (χ4n) is 1.14. The highest BCUT2D eigenvalue weighted by Gasteiger charge is 2.18. The Morgan fingerprint density at radius 2 is 1.38 bits per heavy atom. The molecular formula is C20H49NO5. The maximum absolute atomic E-state index is 11.4. The summed E-state index contributed by atoms with van der Waals surface area (Å²) in [6, 6.07) is 0. The van der Waals surface area contributed by atoms with E-state index in [0.717, 1.165) is 0 Å². The third-order valence-corrected chi connectivity index (χ3v) is 1.93. The molecule has 1 amide bonds. The molecule has 0 spiro atoms. The molecule has 0 aliphatic heterocycles. The lowest BCUT2D eigenvalue weighted by Crippen LogP contribution is -2.35. The monoisotopic (exact) mass is 383 g/mol. The number of ether oxygens (including phenoxy) is 3. The number of esters is 1. The lowest BCUT2D eigenvalue weighted by atomic mass is 10.2. The number of hydrogen-bond donors (Lipinski definition) is 1. The molecule has 6 heteroatoms. The lowest BCUT2D eigenvalue weighted by Gasteiger charge is -2.19. The molecule has 0 rings (SSSR count). The molecule has 1 atom stereocenters. The first-order valence-electron chi connectivity index (χ1n) is 9.96. The van der Waals surface area contributed by atoms with Gasteiger partial charge >= 0.3 is 12.1 Å². The Labute approximate surface area is 164 Å². The second kappa shape index (κ2) is 28.5. The molecule has 0 aromatic heterocycles. The van der Waals surface area contributed by atoms with Crippen LogP contribution in [0, 0.1) is 0 Å². The molecule has 0 fully saturated rings. The Balaban J connectivity index is -0.000000108. The summed E-state index contributed by atoms with van der Waals surface area (Å²) in [7, 11) is 1.45. The second-order valence-electron chi connectivity index (χ2n) is 4.73. The summed E-state index contributed by atoms with van der Waals surface area (Å²) >= 11 is 0. The molecule has 6 nitrogen and oxygen atoms in total. The van der Waals surface area contributed by atoms with Crippen LogP contribution in [-0.4, -0.2) is 44.0 Å². The van der Waals surface area contributed by atoms with E-state index in [1.54, 1.807) is 20.8 Å². The highest BCUT2D eigenvalue weighted by Crippen LogP contribution is 2.06. The summed E-state index contributed by atoms with van der Waals surface area (Å²) in [5, 5.41) is 2.49. The number of hydrogen-bond acceptors (Lipinski definition) is 5. The molecule has 26 heavy (non-hydrogen) atoms. The van der Waals surface area contributed by atoms with Gasteiger partial charge in [0.1, 0.15) is 12.2 Å². The van der Waals surface area contributed by atoms with Gasteiger partial charge in [0.05, 0.1) is 6.54 Å². The van der Waals surface area contributed by atoms with Gasteiger partial charge in [-0.1, -0.05) is 62.3 Å². The number of rotatable bonds is 6. The highest BCUT2D eigenvalue weighted by atomic mass is 16.6. The quantitative estimate of drug-likeness (QED) is 0.461. The minimum atomic E-state index is -0.550. The number of carbonyl (C=O) groups is 2.